The van der Waals surface area contributed by atoms with Crippen molar-refractivity contribution >= 4 is 11.6 Å². The summed E-state index contributed by atoms with van der Waals surface area (Å²) in [5, 5.41) is 14.1. The normalized spacial score (nSPS) is 12.4. The van der Waals surface area contributed by atoms with Gasteiger partial charge in [-0.1, -0.05) is 23.7 Å². The predicted molar refractivity (Wildman–Crippen MR) is 74.7 cm³/mol. The van der Waals surface area contributed by atoms with Crippen LogP contribution in [0.25, 0.3) is 0 Å². The molecule has 0 radical (unpaired) electrons. The van der Waals surface area contributed by atoms with E-state index in [-0.39, 0.29) is 6.61 Å². The molecule has 0 fully saturated rings. The third kappa shape index (κ3) is 3.71. The monoisotopic (exact) mass is 296 g/mol. The Hall–Kier alpha value is -1.59. The van der Waals surface area contributed by atoms with Gasteiger partial charge in [-0.2, -0.15) is 4.98 Å². The lowest BCUT2D eigenvalue weighted by Crippen LogP contribution is -2.02. The number of aliphatic hydroxyl groups is 1. The molecule has 0 amide bonds. The van der Waals surface area contributed by atoms with E-state index in [0.717, 1.165) is 12.8 Å². The van der Waals surface area contributed by atoms with Gasteiger partial charge in [0.2, 0.25) is 11.7 Å². The zero-order valence-electron chi connectivity index (χ0n) is 11.5. The molecule has 0 spiro atoms. The maximum atomic E-state index is 9.71. The number of halogens is 1. The molecule has 0 saturated carbocycles. The van der Waals surface area contributed by atoms with E-state index in [1.165, 1.54) is 0 Å². The summed E-state index contributed by atoms with van der Waals surface area (Å²) in [5.41, 5.74) is 0.634. The highest BCUT2D eigenvalue weighted by molar-refractivity contribution is 6.30. The summed E-state index contributed by atoms with van der Waals surface area (Å²) < 4.78 is 10.7. The van der Waals surface area contributed by atoms with Crippen molar-refractivity contribution in [2.24, 2.45) is 0 Å². The molecule has 0 saturated heterocycles. The molecule has 5 nitrogen and oxygen atoms in total. The van der Waals surface area contributed by atoms with Crippen molar-refractivity contribution in [1.29, 1.82) is 0 Å². The van der Waals surface area contributed by atoms with Gasteiger partial charge < -0.3 is 14.4 Å². The number of hydrogen-bond donors (Lipinski definition) is 1. The molecule has 2 aromatic rings. The van der Waals surface area contributed by atoms with Crippen molar-refractivity contribution in [1.82, 2.24) is 10.1 Å². The molecule has 1 unspecified atom stereocenters. The van der Waals surface area contributed by atoms with Crippen molar-refractivity contribution in [2.75, 3.05) is 0 Å². The van der Waals surface area contributed by atoms with Crippen molar-refractivity contribution in [3.63, 3.8) is 0 Å². The Balaban J connectivity index is 2.06. The minimum Gasteiger partial charge on any atom is -0.485 e. The summed E-state index contributed by atoms with van der Waals surface area (Å²) >= 11 is 5.91. The summed E-state index contributed by atoms with van der Waals surface area (Å²) in [6.07, 6.45) is 1.04. The Kier molecular flexibility index (Phi) is 4.98. The van der Waals surface area contributed by atoms with Gasteiger partial charge in [0, 0.05) is 17.0 Å². The Labute approximate surface area is 122 Å². The van der Waals surface area contributed by atoms with Gasteiger partial charge in [-0.05, 0) is 31.5 Å². The zero-order chi connectivity index (χ0) is 14.5. The minimum absolute atomic E-state index is 0.189. The van der Waals surface area contributed by atoms with Crippen LogP contribution in [0.1, 0.15) is 43.7 Å². The SMILES string of the molecule is CCCc1nc(COc2ccc(Cl)cc2C(C)O)no1. The van der Waals surface area contributed by atoms with Gasteiger partial charge >= 0.3 is 0 Å². The summed E-state index contributed by atoms with van der Waals surface area (Å²) in [4.78, 5) is 4.22. The van der Waals surface area contributed by atoms with Gasteiger partial charge in [0.15, 0.2) is 6.61 Å². The predicted octanol–water partition coefficient (Wildman–Crippen LogP) is 3.31. The molecule has 0 bridgehead atoms. The molecular weight excluding hydrogens is 280 g/mol. The summed E-state index contributed by atoms with van der Waals surface area (Å²) in [5.74, 6) is 1.66. The third-order valence-corrected chi connectivity index (χ3v) is 2.99. The first-order valence-electron chi connectivity index (χ1n) is 6.52. The van der Waals surface area contributed by atoms with Crippen molar-refractivity contribution in [3.8, 4) is 5.75 Å². The lowest BCUT2D eigenvalue weighted by molar-refractivity contribution is 0.189. The van der Waals surface area contributed by atoms with E-state index in [4.69, 9.17) is 20.9 Å². The fraction of sp³-hybridized carbons (Fsp3) is 0.429. The number of hydrogen-bond acceptors (Lipinski definition) is 5. The summed E-state index contributed by atoms with van der Waals surface area (Å²) in [6, 6.07) is 5.11. The second-order valence-electron chi connectivity index (χ2n) is 4.50. The number of rotatable bonds is 6. The van der Waals surface area contributed by atoms with Crippen molar-refractivity contribution < 1.29 is 14.4 Å². The van der Waals surface area contributed by atoms with Crippen molar-refractivity contribution in [2.45, 2.75) is 39.4 Å². The third-order valence-electron chi connectivity index (χ3n) is 2.75. The first-order valence-corrected chi connectivity index (χ1v) is 6.89. The molecule has 0 aliphatic rings. The Morgan fingerprint density at radius 3 is 2.95 bits per heavy atom. The van der Waals surface area contributed by atoms with E-state index >= 15 is 0 Å². The average Bonchev–Trinajstić information content (AvgIpc) is 2.85. The molecular formula is C14H17ClN2O3. The van der Waals surface area contributed by atoms with Crippen LogP contribution >= 0.6 is 11.6 Å². The molecule has 1 aromatic carbocycles. The molecule has 0 aliphatic carbocycles. The molecule has 1 atom stereocenters. The van der Waals surface area contributed by atoms with Crippen LogP contribution in [0, 0.1) is 0 Å². The highest BCUT2D eigenvalue weighted by atomic mass is 35.5. The molecule has 2 rings (SSSR count). The number of aliphatic hydroxyl groups excluding tert-OH is 1. The number of aryl methyl sites for hydroxylation is 1. The smallest absolute Gasteiger partial charge is 0.226 e. The van der Waals surface area contributed by atoms with Crippen LogP contribution in [0.4, 0.5) is 0 Å². The lowest BCUT2D eigenvalue weighted by atomic mass is 10.1. The van der Waals surface area contributed by atoms with E-state index in [1.807, 2.05) is 6.92 Å². The molecule has 20 heavy (non-hydrogen) atoms. The van der Waals surface area contributed by atoms with Gasteiger partial charge in [0.25, 0.3) is 0 Å². The van der Waals surface area contributed by atoms with Gasteiger partial charge in [0.1, 0.15) is 5.75 Å². The molecule has 1 N–H and O–H groups in total. The van der Waals surface area contributed by atoms with E-state index in [2.05, 4.69) is 10.1 Å². The molecule has 0 aliphatic heterocycles. The van der Waals surface area contributed by atoms with E-state index in [9.17, 15) is 5.11 Å². The van der Waals surface area contributed by atoms with Crippen LogP contribution in [-0.4, -0.2) is 15.2 Å². The number of ether oxygens (including phenoxy) is 1. The Morgan fingerprint density at radius 2 is 2.25 bits per heavy atom. The summed E-state index contributed by atoms with van der Waals surface area (Å²) in [7, 11) is 0. The topological polar surface area (TPSA) is 68.4 Å². The number of benzene rings is 1. The quantitative estimate of drug-likeness (QED) is 0.885. The van der Waals surface area contributed by atoms with Gasteiger partial charge in [0.05, 0.1) is 6.10 Å². The van der Waals surface area contributed by atoms with E-state index in [1.54, 1.807) is 25.1 Å². The maximum Gasteiger partial charge on any atom is 0.226 e. The Morgan fingerprint density at radius 1 is 1.45 bits per heavy atom. The molecule has 1 aromatic heterocycles. The number of nitrogens with zero attached hydrogens (tertiary/aromatic N) is 2. The number of aromatic nitrogens is 2. The van der Waals surface area contributed by atoms with Gasteiger partial charge in [-0.3, -0.25) is 0 Å². The molecule has 108 valence electrons. The largest absolute Gasteiger partial charge is 0.485 e. The summed E-state index contributed by atoms with van der Waals surface area (Å²) in [6.45, 7) is 3.89. The fourth-order valence-corrected chi connectivity index (χ4v) is 1.96. The van der Waals surface area contributed by atoms with Crippen LogP contribution in [-0.2, 0) is 13.0 Å². The first kappa shape index (κ1) is 14.8. The van der Waals surface area contributed by atoms with Crippen LogP contribution < -0.4 is 4.74 Å². The fourth-order valence-electron chi connectivity index (χ4n) is 1.78. The zero-order valence-corrected chi connectivity index (χ0v) is 12.2. The lowest BCUT2D eigenvalue weighted by Gasteiger charge is -2.12. The van der Waals surface area contributed by atoms with Crippen LogP contribution in [0.3, 0.4) is 0 Å². The second-order valence-corrected chi connectivity index (χ2v) is 4.94. The van der Waals surface area contributed by atoms with Crippen LogP contribution in [0.2, 0.25) is 5.02 Å². The second kappa shape index (κ2) is 6.72. The van der Waals surface area contributed by atoms with Crippen molar-refractivity contribution in [3.05, 3.63) is 40.5 Å². The maximum absolute atomic E-state index is 9.71. The highest BCUT2D eigenvalue weighted by Crippen LogP contribution is 2.28. The molecule has 6 heteroatoms. The van der Waals surface area contributed by atoms with Crippen LogP contribution in [0.15, 0.2) is 22.7 Å². The van der Waals surface area contributed by atoms with Gasteiger partial charge in [-0.25, -0.2) is 0 Å². The first-order chi connectivity index (χ1) is 9.60. The van der Waals surface area contributed by atoms with Crippen LogP contribution in [0.5, 0.6) is 5.75 Å². The highest BCUT2D eigenvalue weighted by Gasteiger charge is 2.12. The Bertz CT molecular complexity index is 569. The standard InChI is InChI=1S/C14H17ClN2O3/c1-3-4-14-16-13(17-20-14)8-19-12-6-5-10(15)7-11(12)9(2)18/h5-7,9,18H,3-4,8H2,1-2H3. The van der Waals surface area contributed by atoms with E-state index < -0.39 is 6.10 Å². The van der Waals surface area contributed by atoms with E-state index in [0.29, 0.717) is 28.1 Å². The molecule has 1 heterocycles. The van der Waals surface area contributed by atoms with Gasteiger partial charge in [-0.15, -0.1) is 0 Å². The average molecular weight is 297 g/mol. The minimum atomic E-state index is -0.662.